The van der Waals surface area contributed by atoms with Crippen molar-refractivity contribution in [2.24, 2.45) is 7.05 Å². The Labute approximate surface area is 134 Å². The van der Waals surface area contributed by atoms with Crippen LogP contribution in [0.5, 0.6) is 0 Å². The summed E-state index contributed by atoms with van der Waals surface area (Å²) in [7, 11) is 1.71. The van der Waals surface area contributed by atoms with Gasteiger partial charge in [0.2, 0.25) is 5.91 Å². The van der Waals surface area contributed by atoms with Gasteiger partial charge in [-0.3, -0.25) is 4.79 Å². The molecule has 0 spiro atoms. The normalized spacial score (nSPS) is 13.1. The average Bonchev–Trinajstić information content (AvgIpc) is 3.02. The van der Waals surface area contributed by atoms with E-state index in [1.165, 1.54) is 13.2 Å². The number of aromatic nitrogens is 3. The van der Waals surface area contributed by atoms with Gasteiger partial charge >= 0.3 is 6.18 Å². The number of alkyl halides is 3. The second kappa shape index (κ2) is 6.65. The van der Waals surface area contributed by atoms with Crippen LogP contribution in [-0.4, -0.2) is 38.6 Å². The van der Waals surface area contributed by atoms with Gasteiger partial charge in [-0.2, -0.15) is 13.2 Å². The fourth-order valence-electron chi connectivity index (χ4n) is 1.81. The molecule has 2 aromatic rings. The minimum atomic E-state index is -4.43. The van der Waals surface area contributed by atoms with Crippen molar-refractivity contribution in [2.45, 2.75) is 30.4 Å². The molecule has 0 bridgehead atoms. The summed E-state index contributed by atoms with van der Waals surface area (Å²) in [5, 5.41) is 9.55. The Morgan fingerprint density at radius 3 is 2.74 bits per heavy atom. The van der Waals surface area contributed by atoms with E-state index in [-0.39, 0.29) is 0 Å². The van der Waals surface area contributed by atoms with Crippen LogP contribution in [0.4, 0.5) is 13.2 Å². The van der Waals surface area contributed by atoms with E-state index in [9.17, 15) is 18.0 Å². The topological polar surface area (TPSA) is 72.9 Å². The summed E-state index contributed by atoms with van der Waals surface area (Å²) in [6, 6.07) is 1.74. The molecule has 10 heteroatoms. The zero-order valence-corrected chi connectivity index (χ0v) is 13.5. The Morgan fingerprint density at radius 1 is 1.48 bits per heavy atom. The van der Waals surface area contributed by atoms with Crippen molar-refractivity contribution in [2.75, 3.05) is 6.54 Å². The zero-order valence-electron chi connectivity index (χ0n) is 12.6. The molecule has 1 amide bonds. The Kier molecular flexibility index (Phi) is 5.03. The highest BCUT2D eigenvalue weighted by Gasteiger charge is 2.29. The highest BCUT2D eigenvalue weighted by Crippen LogP contribution is 2.27. The highest BCUT2D eigenvalue weighted by atomic mass is 32.2. The van der Waals surface area contributed by atoms with E-state index in [1.807, 2.05) is 5.32 Å². The molecule has 1 unspecified atom stereocenters. The Morgan fingerprint density at radius 2 is 2.17 bits per heavy atom. The van der Waals surface area contributed by atoms with E-state index in [2.05, 4.69) is 10.2 Å². The van der Waals surface area contributed by atoms with Crippen LogP contribution < -0.4 is 5.32 Å². The first-order valence-corrected chi connectivity index (χ1v) is 7.52. The minimum absolute atomic E-state index is 0.426. The average molecular weight is 348 g/mol. The summed E-state index contributed by atoms with van der Waals surface area (Å²) >= 11 is 1.03. The van der Waals surface area contributed by atoms with Crippen molar-refractivity contribution in [3.8, 4) is 11.4 Å². The molecule has 126 valence electrons. The number of rotatable bonds is 5. The van der Waals surface area contributed by atoms with E-state index < -0.39 is 23.9 Å². The molecule has 2 rings (SSSR count). The SMILES string of the molecule is Cc1occc1-c1nnc(SC(C)C(=O)NCC(F)(F)F)n1C. The maximum atomic E-state index is 12.1. The summed E-state index contributed by atoms with van der Waals surface area (Å²) < 4.78 is 43.2. The smallest absolute Gasteiger partial charge is 0.405 e. The molecule has 0 fully saturated rings. The third-order valence-electron chi connectivity index (χ3n) is 3.05. The maximum Gasteiger partial charge on any atom is 0.405 e. The molecule has 2 heterocycles. The van der Waals surface area contributed by atoms with Crippen molar-refractivity contribution in [3.05, 3.63) is 18.1 Å². The molecule has 1 atom stereocenters. The molecule has 2 aromatic heterocycles. The van der Waals surface area contributed by atoms with Crippen LogP contribution in [-0.2, 0) is 11.8 Å². The van der Waals surface area contributed by atoms with Crippen LogP contribution in [0.3, 0.4) is 0 Å². The molecular weight excluding hydrogens is 333 g/mol. The van der Waals surface area contributed by atoms with Gasteiger partial charge in [-0.15, -0.1) is 10.2 Å². The molecule has 0 radical (unpaired) electrons. The minimum Gasteiger partial charge on any atom is -0.469 e. The molecule has 0 aliphatic carbocycles. The number of hydrogen-bond donors (Lipinski definition) is 1. The molecule has 1 N–H and O–H groups in total. The van der Waals surface area contributed by atoms with Gasteiger partial charge in [-0.25, -0.2) is 0 Å². The van der Waals surface area contributed by atoms with Crippen LogP contribution in [0, 0.1) is 6.92 Å². The van der Waals surface area contributed by atoms with Crippen molar-refractivity contribution in [3.63, 3.8) is 0 Å². The van der Waals surface area contributed by atoms with E-state index in [0.717, 1.165) is 17.3 Å². The summed E-state index contributed by atoms with van der Waals surface area (Å²) in [5.41, 5.74) is 0.765. The van der Waals surface area contributed by atoms with Crippen molar-refractivity contribution in [1.29, 1.82) is 0 Å². The number of amides is 1. The summed E-state index contributed by atoms with van der Waals surface area (Å²) in [6.45, 7) is 1.94. The fraction of sp³-hybridized carbons (Fsp3) is 0.462. The lowest BCUT2D eigenvalue weighted by Crippen LogP contribution is -2.38. The Hall–Kier alpha value is -1.97. The lowest BCUT2D eigenvalue weighted by Gasteiger charge is -2.12. The molecule has 23 heavy (non-hydrogen) atoms. The summed E-state index contributed by atoms with van der Waals surface area (Å²) in [6.07, 6.45) is -2.91. The second-order valence-electron chi connectivity index (χ2n) is 4.85. The van der Waals surface area contributed by atoms with Crippen molar-refractivity contribution >= 4 is 17.7 Å². The highest BCUT2D eigenvalue weighted by molar-refractivity contribution is 8.00. The summed E-state index contributed by atoms with van der Waals surface area (Å²) in [4.78, 5) is 11.7. The van der Waals surface area contributed by atoms with Crippen LogP contribution in [0.2, 0.25) is 0 Å². The molecule has 0 aliphatic heterocycles. The number of carbonyl (C=O) groups excluding carboxylic acids is 1. The van der Waals surface area contributed by atoms with Crippen LogP contribution >= 0.6 is 11.8 Å². The number of halogens is 3. The second-order valence-corrected chi connectivity index (χ2v) is 6.16. The zero-order chi connectivity index (χ0) is 17.2. The Balaban J connectivity index is 2.05. The van der Waals surface area contributed by atoms with Crippen LogP contribution in [0.15, 0.2) is 21.9 Å². The quantitative estimate of drug-likeness (QED) is 0.841. The van der Waals surface area contributed by atoms with Gasteiger partial charge in [-0.1, -0.05) is 11.8 Å². The maximum absolute atomic E-state index is 12.1. The number of furan rings is 1. The number of nitrogens with one attached hydrogen (secondary N) is 1. The van der Waals surface area contributed by atoms with Gasteiger partial charge in [0.1, 0.15) is 12.3 Å². The van der Waals surface area contributed by atoms with E-state index in [4.69, 9.17) is 4.42 Å². The van der Waals surface area contributed by atoms with Crippen molar-refractivity contribution in [1.82, 2.24) is 20.1 Å². The number of aryl methyl sites for hydroxylation is 1. The lowest BCUT2D eigenvalue weighted by molar-refractivity contribution is -0.137. The third-order valence-corrected chi connectivity index (χ3v) is 4.18. The van der Waals surface area contributed by atoms with Gasteiger partial charge in [0.25, 0.3) is 0 Å². The van der Waals surface area contributed by atoms with Crippen LogP contribution in [0.25, 0.3) is 11.4 Å². The van der Waals surface area contributed by atoms with Gasteiger partial charge in [0, 0.05) is 7.05 Å². The van der Waals surface area contributed by atoms with E-state index in [0.29, 0.717) is 16.7 Å². The first-order valence-electron chi connectivity index (χ1n) is 6.64. The first kappa shape index (κ1) is 17.4. The van der Waals surface area contributed by atoms with Gasteiger partial charge in [0.05, 0.1) is 17.1 Å². The predicted octanol–water partition coefficient (Wildman–Crippen LogP) is 2.54. The summed E-state index contributed by atoms with van der Waals surface area (Å²) in [5.74, 6) is 0.519. The predicted molar refractivity (Wildman–Crippen MR) is 77.8 cm³/mol. The van der Waals surface area contributed by atoms with E-state index in [1.54, 1.807) is 24.6 Å². The lowest BCUT2D eigenvalue weighted by atomic mass is 10.2. The molecule has 0 saturated carbocycles. The van der Waals surface area contributed by atoms with E-state index >= 15 is 0 Å². The molecular formula is C13H15F3N4O2S. The first-order chi connectivity index (χ1) is 10.7. The standard InChI is InChI=1S/C13H15F3N4O2S/c1-7-9(4-5-22-7)10-18-19-12(20(10)3)23-8(2)11(21)17-6-13(14,15)16/h4-5,8H,6H2,1-3H3,(H,17,21). The molecule has 0 aromatic carbocycles. The number of nitrogens with zero attached hydrogens (tertiary/aromatic N) is 3. The fourth-order valence-corrected chi connectivity index (χ4v) is 2.65. The van der Waals surface area contributed by atoms with Gasteiger partial charge < -0.3 is 14.3 Å². The number of carbonyl (C=O) groups is 1. The Bertz CT molecular complexity index is 696. The van der Waals surface area contributed by atoms with Crippen molar-refractivity contribution < 1.29 is 22.4 Å². The monoisotopic (exact) mass is 348 g/mol. The molecule has 0 saturated heterocycles. The third kappa shape index (κ3) is 4.27. The molecule has 0 aliphatic rings. The number of thioether (sulfide) groups is 1. The largest absolute Gasteiger partial charge is 0.469 e. The van der Waals surface area contributed by atoms with Gasteiger partial charge in [0.15, 0.2) is 11.0 Å². The van der Waals surface area contributed by atoms with Gasteiger partial charge in [-0.05, 0) is 19.9 Å². The van der Waals surface area contributed by atoms with Crippen LogP contribution in [0.1, 0.15) is 12.7 Å². The molecule has 6 nitrogen and oxygen atoms in total. The number of hydrogen-bond acceptors (Lipinski definition) is 5.